The van der Waals surface area contributed by atoms with Gasteiger partial charge in [0.05, 0.1) is 6.42 Å². The number of aliphatic carboxylic acids is 1. The van der Waals surface area contributed by atoms with Gasteiger partial charge < -0.3 is 10.0 Å². The molecule has 3 rings (SSSR count). The highest BCUT2D eigenvalue weighted by atomic mass is 16.4. The summed E-state index contributed by atoms with van der Waals surface area (Å²) in [6, 6.07) is 8.63. The fourth-order valence-electron chi connectivity index (χ4n) is 3.24. The first kappa shape index (κ1) is 14.5. The van der Waals surface area contributed by atoms with Crippen molar-refractivity contribution in [1.29, 1.82) is 0 Å². The molecule has 0 amide bonds. The maximum atomic E-state index is 11.0. The first-order chi connectivity index (χ1) is 10.1. The standard InChI is InChI=1S/C17H24N2O2/c1-18-8-10-19(11-9-18)13-14-2-4-15(5-3-14)17(6-7-17)12-16(20)21/h2-5H,6-13H2,1H3,(H,20,21). The Kier molecular flexibility index (Phi) is 4.00. The molecule has 114 valence electrons. The van der Waals surface area contributed by atoms with E-state index >= 15 is 0 Å². The summed E-state index contributed by atoms with van der Waals surface area (Å²) in [5.41, 5.74) is 2.46. The van der Waals surface area contributed by atoms with Crippen LogP contribution in [0.3, 0.4) is 0 Å². The summed E-state index contributed by atoms with van der Waals surface area (Å²) in [7, 11) is 2.17. The molecule has 1 N–H and O–H groups in total. The number of piperazine rings is 1. The largest absolute Gasteiger partial charge is 0.481 e. The Morgan fingerprint density at radius 1 is 1.14 bits per heavy atom. The topological polar surface area (TPSA) is 43.8 Å². The first-order valence-corrected chi connectivity index (χ1v) is 7.80. The van der Waals surface area contributed by atoms with Crippen LogP contribution in [0.5, 0.6) is 0 Å². The Morgan fingerprint density at radius 3 is 2.29 bits per heavy atom. The minimum Gasteiger partial charge on any atom is -0.481 e. The second-order valence-corrected chi connectivity index (χ2v) is 6.63. The van der Waals surface area contributed by atoms with Crippen molar-refractivity contribution in [3.8, 4) is 0 Å². The van der Waals surface area contributed by atoms with Crippen LogP contribution in [0.25, 0.3) is 0 Å². The predicted molar refractivity (Wildman–Crippen MR) is 82.4 cm³/mol. The van der Waals surface area contributed by atoms with Crippen molar-refractivity contribution in [2.75, 3.05) is 33.2 Å². The molecule has 1 saturated heterocycles. The lowest BCUT2D eigenvalue weighted by molar-refractivity contribution is -0.137. The van der Waals surface area contributed by atoms with Crippen LogP contribution in [0, 0.1) is 0 Å². The number of benzene rings is 1. The van der Waals surface area contributed by atoms with E-state index in [4.69, 9.17) is 5.11 Å². The molecular weight excluding hydrogens is 264 g/mol. The molecule has 0 unspecified atom stereocenters. The molecule has 0 spiro atoms. The highest BCUT2D eigenvalue weighted by Crippen LogP contribution is 2.51. The summed E-state index contributed by atoms with van der Waals surface area (Å²) in [5.74, 6) is -0.686. The van der Waals surface area contributed by atoms with Crippen LogP contribution in [-0.4, -0.2) is 54.1 Å². The van der Waals surface area contributed by atoms with Gasteiger partial charge >= 0.3 is 5.97 Å². The third kappa shape index (κ3) is 3.44. The molecule has 0 aromatic heterocycles. The molecule has 1 aromatic rings. The van der Waals surface area contributed by atoms with E-state index in [2.05, 4.69) is 41.1 Å². The van der Waals surface area contributed by atoms with E-state index in [-0.39, 0.29) is 11.8 Å². The van der Waals surface area contributed by atoms with Crippen molar-refractivity contribution in [3.05, 3.63) is 35.4 Å². The van der Waals surface area contributed by atoms with Crippen molar-refractivity contribution in [1.82, 2.24) is 9.80 Å². The fraction of sp³-hybridized carbons (Fsp3) is 0.588. The zero-order valence-corrected chi connectivity index (χ0v) is 12.7. The van der Waals surface area contributed by atoms with Crippen LogP contribution in [0.1, 0.15) is 30.4 Å². The van der Waals surface area contributed by atoms with Gasteiger partial charge in [0.25, 0.3) is 0 Å². The van der Waals surface area contributed by atoms with Gasteiger partial charge in [-0.05, 0) is 31.0 Å². The smallest absolute Gasteiger partial charge is 0.304 e. The average molecular weight is 288 g/mol. The average Bonchev–Trinajstić information content (AvgIpc) is 3.22. The summed E-state index contributed by atoms with van der Waals surface area (Å²) in [5, 5.41) is 9.03. The number of hydrogen-bond donors (Lipinski definition) is 1. The Labute approximate surface area is 126 Å². The third-order valence-corrected chi connectivity index (χ3v) is 4.91. The van der Waals surface area contributed by atoms with Gasteiger partial charge in [-0.25, -0.2) is 0 Å². The predicted octanol–water partition coefficient (Wildman–Crippen LogP) is 1.94. The second kappa shape index (κ2) is 5.78. The highest BCUT2D eigenvalue weighted by molar-refractivity contribution is 5.70. The number of likely N-dealkylation sites (N-methyl/N-ethyl adjacent to an activating group) is 1. The molecule has 2 aliphatic rings. The minimum atomic E-state index is -0.686. The molecule has 0 radical (unpaired) electrons. The van der Waals surface area contributed by atoms with E-state index in [1.54, 1.807) is 0 Å². The molecule has 1 aliphatic carbocycles. The Bertz CT molecular complexity index is 500. The van der Waals surface area contributed by atoms with Crippen LogP contribution in [0.15, 0.2) is 24.3 Å². The summed E-state index contributed by atoms with van der Waals surface area (Å²) in [4.78, 5) is 15.8. The van der Waals surface area contributed by atoms with Gasteiger partial charge in [0, 0.05) is 38.1 Å². The Hall–Kier alpha value is -1.39. The minimum absolute atomic E-state index is 0.0712. The van der Waals surface area contributed by atoms with Crippen LogP contribution in [0.2, 0.25) is 0 Å². The van der Waals surface area contributed by atoms with Crippen molar-refractivity contribution in [2.24, 2.45) is 0 Å². The Balaban J connectivity index is 1.61. The molecule has 1 aliphatic heterocycles. The number of nitrogens with zero attached hydrogens (tertiary/aromatic N) is 2. The number of carboxylic acid groups (broad SMARTS) is 1. The molecule has 0 atom stereocenters. The molecule has 1 aromatic carbocycles. The summed E-state index contributed by atoms with van der Waals surface area (Å²) < 4.78 is 0. The molecule has 4 nitrogen and oxygen atoms in total. The van der Waals surface area contributed by atoms with E-state index in [0.717, 1.165) is 45.6 Å². The Morgan fingerprint density at radius 2 is 1.76 bits per heavy atom. The molecule has 1 saturated carbocycles. The summed E-state index contributed by atoms with van der Waals surface area (Å²) in [6.45, 7) is 5.53. The number of hydrogen-bond acceptors (Lipinski definition) is 3. The van der Waals surface area contributed by atoms with Gasteiger partial charge in [0.1, 0.15) is 0 Å². The second-order valence-electron chi connectivity index (χ2n) is 6.63. The van der Waals surface area contributed by atoms with E-state index in [0.29, 0.717) is 0 Å². The molecule has 1 heterocycles. The lowest BCUT2D eigenvalue weighted by atomic mass is 9.92. The van der Waals surface area contributed by atoms with Crippen molar-refractivity contribution in [3.63, 3.8) is 0 Å². The zero-order valence-electron chi connectivity index (χ0n) is 12.7. The van der Waals surface area contributed by atoms with E-state index in [1.807, 2.05) is 0 Å². The van der Waals surface area contributed by atoms with E-state index in [9.17, 15) is 4.79 Å². The van der Waals surface area contributed by atoms with Gasteiger partial charge in [0.2, 0.25) is 0 Å². The van der Waals surface area contributed by atoms with E-state index < -0.39 is 5.97 Å². The van der Waals surface area contributed by atoms with Crippen molar-refractivity contribution in [2.45, 2.75) is 31.2 Å². The fourth-order valence-corrected chi connectivity index (χ4v) is 3.24. The third-order valence-electron chi connectivity index (χ3n) is 4.91. The maximum Gasteiger partial charge on any atom is 0.304 e. The van der Waals surface area contributed by atoms with Crippen LogP contribution >= 0.6 is 0 Å². The number of carboxylic acids is 1. The molecule has 4 heteroatoms. The molecular formula is C17H24N2O2. The maximum absolute atomic E-state index is 11.0. The van der Waals surface area contributed by atoms with Gasteiger partial charge in [-0.1, -0.05) is 24.3 Å². The van der Waals surface area contributed by atoms with E-state index in [1.165, 1.54) is 11.1 Å². The van der Waals surface area contributed by atoms with Crippen LogP contribution in [0.4, 0.5) is 0 Å². The zero-order chi connectivity index (χ0) is 14.9. The quantitative estimate of drug-likeness (QED) is 0.899. The van der Waals surface area contributed by atoms with Crippen LogP contribution in [-0.2, 0) is 16.8 Å². The van der Waals surface area contributed by atoms with Gasteiger partial charge in [0.15, 0.2) is 0 Å². The number of carbonyl (C=O) groups is 1. The lowest BCUT2D eigenvalue weighted by Gasteiger charge is -2.32. The molecule has 0 bridgehead atoms. The summed E-state index contributed by atoms with van der Waals surface area (Å²) in [6.07, 6.45) is 2.29. The number of rotatable bonds is 5. The summed E-state index contributed by atoms with van der Waals surface area (Å²) >= 11 is 0. The lowest BCUT2D eigenvalue weighted by Crippen LogP contribution is -2.43. The highest BCUT2D eigenvalue weighted by Gasteiger charge is 2.45. The SMILES string of the molecule is CN1CCN(Cc2ccc(C3(CC(=O)O)CC3)cc2)CC1. The molecule has 2 fully saturated rings. The molecule has 21 heavy (non-hydrogen) atoms. The van der Waals surface area contributed by atoms with Crippen LogP contribution < -0.4 is 0 Å². The van der Waals surface area contributed by atoms with Crippen molar-refractivity contribution < 1.29 is 9.90 Å². The normalized spacial score (nSPS) is 22.1. The van der Waals surface area contributed by atoms with Gasteiger partial charge in [-0.3, -0.25) is 9.69 Å². The van der Waals surface area contributed by atoms with Gasteiger partial charge in [-0.15, -0.1) is 0 Å². The first-order valence-electron chi connectivity index (χ1n) is 7.80. The van der Waals surface area contributed by atoms with Gasteiger partial charge in [-0.2, -0.15) is 0 Å². The monoisotopic (exact) mass is 288 g/mol. The van der Waals surface area contributed by atoms with Crippen molar-refractivity contribution >= 4 is 5.97 Å².